The third-order valence-electron chi connectivity index (χ3n) is 1.83. The van der Waals surface area contributed by atoms with E-state index in [1.165, 1.54) is 0 Å². The Bertz CT molecular complexity index is 532. The molecule has 0 radical (unpaired) electrons. The SMILES string of the molecule is Cl.Cl.c1cc2c(nn1)sc1cncnc12. The number of fused-ring (bicyclic) bond motifs is 3. The van der Waals surface area contributed by atoms with Crippen molar-refractivity contribution in [2.45, 2.75) is 0 Å². The smallest absolute Gasteiger partial charge is 0.148 e. The predicted molar refractivity (Wildman–Crippen MR) is 65.0 cm³/mol. The van der Waals surface area contributed by atoms with Gasteiger partial charge in [-0.25, -0.2) is 9.97 Å². The highest BCUT2D eigenvalue weighted by Crippen LogP contribution is 2.28. The van der Waals surface area contributed by atoms with Crippen LogP contribution in [0.5, 0.6) is 0 Å². The molecule has 0 amide bonds. The van der Waals surface area contributed by atoms with E-state index < -0.39 is 0 Å². The summed E-state index contributed by atoms with van der Waals surface area (Å²) in [5, 5.41) is 8.89. The fourth-order valence-electron chi connectivity index (χ4n) is 1.27. The minimum absolute atomic E-state index is 0. The summed E-state index contributed by atoms with van der Waals surface area (Å²) in [6.45, 7) is 0. The Morgan fingerprint density at radius 2 is 2.07 bits per heavy atom. The summed E-state index contributed by atoms with van der Waals surface area (Å²) in [5.41, 5.74) is 0.963. The van der Waals surface area contributed by atoms with Gasteiger partial charge >= 0.3 is 0 Å². The van der Waals surface area contributed by atoms with E-state index >= 15 is 0 Å². The molecule has 3 aromatic rings. The first-order valence-corrected chi connectivity index (χ1v) is 4.57. The second kappa shape index (κ2) is 4.65. The van der Waals surface area contributed by atoms with Gasteiger partial charge in [0.25, 0.3) is 0 Å². The zero-order valence-corrected chi connectivity index (χ0v) is 9.77. The van der Waals surface area contributed by atoms with Gasteiger partial charge in [-0.1, -0.05) is 0 Å². The molecule has 0 saturated heterocycles. The highest BCUT2D eigenvalue weighted by atomic mass is 35.5. The second-order valence-electron chi connectivity index (χ2n) is 2.59. The van der Waals surface area contributed by atoms with E-state index in [2.05, 4.69) is 20.2 Å². The third kappa shape index (κ3) is 1.86. The summed E-state index contributed by atoms with van der Waals surface area (Å²) in [6.07, 6.45) is 5.03. The van der Waals surface area contributed by atoms with Crippen molar-refractivity contribution in [3.63, 3.8) is 0 Å². The number of halogens is 2. The number of hydrogen-bond acceptors (Lipinski definition) is 5. The van der Waals surface area contributed by atoms with Crippen molar-refractivity contribution in [1.29, 1.82) is 0 Å². The molecular formula is C8H6Cl2N4S. The molecule has 0 fully saturated rings. The first-order chi connectivity index (χ1) is 6.45. The maximum absolute atomic E-state index is 4.20. The monoisotopic (exact) mass is 260 g/mol. The Morgan fingerprint density at radius 1 is 1.20 bits per heavy atom. The van der Waals surface area contributed by atoms with Crippen LogP contribution >= 0.6 is 36.2 Å². The molecule has 7 heteroatoms. The Labute approximate surface area is 102 Å². The molecule has 3 rings (SSSR count). The van der Waals surface area contributed by atoms with E-state index in [9.17, 15) is 0 Å². The van der Waals surface area contributed by atoms with Crippen LogP contribution in [0.4, 0.5) is 0 Å². The average molecular weight is 261 g/mol. The van der Waals surface area contributed by atoms with Crippen LogP contribution in [0.2, 0.25) is 0 Å². The molecule has 0 aliphatic carbocycles. The summed E-state index contributed by atoms with van der Waals surface area (Å²) in [6, 6.07) is 1.92. The van der Waals surface area contributed by atoms with Crippen molar-refractivity contribution in [3.8, 4) is 0 Å². The van der Waals surface area contributed by atoms with E-state index in [4.69, 9.17) is 0 Å². The van der Waals surface area contributed by atoms with Crippen LogP contribution in [0.25, 0.3) is 20.4 Å². The lowest BCUT2D eigenvalue weighted by atomic mass is 10.3. The normalized spacial score (nSPS) is 9.60. The van der Waals surface area contributed by atoms with Crippen molar-refractivity contribution in [2.75, 3.05) is 0 Å². The Kier molecular flexibility index (Phi) is 3.73. The van der Waals surface area contributed by atoms with Crippen molar-refractivity contribution in [2.24, 2.45) is 0 Å². The molecule has 0 N–H and O–H groups in total. The van der Waals surface area contributed by atoms with E-state index in [0.717, 1.165) is 20.4 Å². The number of rotatable bonds is 0. The van der Waals surface area contributed by atoms with E-state index in [0.29, 0.717) is 0 Å². The van der Waals surface area contributed by atoms with Crippen LogP contribution < -0.4 is 0 Å². The molecule has 0 aromatic carbocycles. The molecule has 0 saturated carbocycles. The Morgan fingerprint density at radius 3 is 2.93 bits per heavy atom. The largest absolute Gasteiger partial charge is 0.243 e. The van der Waals surface area contributed by atoms with Gasteiger partial charge in [0, 0.05) is 11.6 Å². The molecule has 4 nitrogen and oxygen atoms in total. The predicted octanol–water partition coefficient (Wildman–Crippen LogP) is 2.48. The Hall–Kier alpha value is -1.04. The van der Waals surface area contributed by atoms with Gasteiger partial charge in [-0.3, -0.25) is 0 Å². The van der Waals surface area contributed by atoms with Gasteiger partial charge in [-0.15, -0.1) is 41.2 Å². The van der Waals surface area contributed by atoms with Gasteiger partial charge in [-0.05, 0) is 6.07 Å². The summed E-state index contributed by atoms with van der Waals surface area (Å²) in [5.74, 6) is 0. The van der Waals surface area contributed by atoms with Crippen molar-refractivity contribution in [3.05, 3.63) is 24.8 Å². The molecule has 15 heavy (non-hydrogen) atoms. The maximum atomic E-state index is 4.20. The number of thiophene rings is 1. The van der Waals surface area contributed by atoms with Crippen LogP contribution in [0, 0.1) is 0 Å². The molecule has 0 atom stereocenters. The molecule has 0 aliphatic heterocycles. The minimum Gasteiger partial charge on any atom is -0.243 e. The van der Waals surface area contributed by atoms with Crippen molar-refractivity contribution in [1.82, 2.24) is 20.2 Å². The van der Waals surface area contributed by atoms with Crippen LogP contribution in [0.1, 0.15) is 0 Å². The first-order valence-electron chi connectivity index (χ1n) is 3.75. The lowest BCUT2D eigenvalue weighted by Gasteiger charge is -1.85. The zero-order valence-electron chi connectivity index (χ0n) is 7.32. The Balaban J connectivity index is 0.000000562. The molecule has 0 aliphatic rings. The van der Waals surface area contributed by atoms with E-state index in [1.807, 2.05) is 6.07 Å². The fraction of sp³-hybridized carbons (Fsp3) is 0. The second-order valence-corrected chi connectivity index (χ2v) is 3.62. The van der Waals surface area contributed by atoms with Gasteiger partial charge in [0.2, 0.25) is 0 Å². The summed E-state index contributed by atoms with van der Waals surface area (Å²) < 4.78 is 1.05. The maximum Gasteiger partial charge on any atom is 0.148 e. The van der Waals surface area contributed by atoms with Crippen molar-refractivity contribution >= 4 is 56.6 Å². The molecule has 78 valence electrons. The topological polar surface area (TPSA) is 51.6 Å². The molecule has 3 heterocycles. The first kappa shape index (κ1) is 12.0. The van der Waals surface area contributed by atoms with E-state index in [1.54, 1.807) is 30.1 Å². The summed E-state index contributed by atoms with van der Waals surface area (Å²) in [4.78, 5) is 9.07. The number of aromatic nitrogens is 4. The summed E-state index contributed by atoms with van der Waals surface area (Å²) >= 11 is 1.56. The van der Waals surface area contributed by atoms with Gasteiger partial charge in [0.05, 0.1) is 16.4 Å². The number of hydrogen-bond donors (Lipinski definition) is 0. The lowest BCUT2D eigenvalue weighted by Crippen LogP contribution is -1.77. The quantitative estimate of drug-likeness (QED) is 0.623. The van der Waals surface area contributed by atoms with Crippen LogP contribution in [0.15, 0.2) is 24.8 Å². The standard InChI is InChI=1S/C8H4N4S.2ClH/c1-2-11-12-8-5(1)7-6(13-8)3-9-4-10-7;;/h1-4H;2*1H. The highest BCUT2D eigenvalue weighted by Gasteiger charge is 2.05. The van der Waals surface area contributed by atoms with Crippen LogP contribution in [-0.2, 0) is 0 Å². The van der Waals surface area contributed by atoms with Gasteiger partial charge in [0.1, 0.15) is 11.2 Å². The minimum atomic E-state index is 0. The molecule has 0 bridgehead atoms. The van der Waals surface area contributed by atoms with Crippen LogP contribution in [-0.4, -0.2) is 20.2 Å². The average Bonchev–Trinajstić information content (AvgIpc) is 2.56. The van der Waals surface area contributed by atoms with Gasteiger partial charge in [0.15, 0.2) is 0 Å². The number of nitrogens with zero attached hydrogens (tertiary/aromatic N) is 4. The van der Waals surface area contributed by atoms with Crippen molar-refractivity contribution < 1.29 is 0 Å². The molecule has 0 spiro atoms. The third-order valence-corrected chi connectivity index (χ3v) is 2.84. The summed E-state index contributed by atoms with van der Waals surface area (Å²) in [7, 11) is 0. The van der Waals surface area contributed by atoms with Crippen LogP contribution in [0.3, 0.4) is 0 Å². The lowest BCUT2D eigenvalue weighted by molar-refractivity contribution is 1.09. The highest BCUT2D eigenvalue weighted by molar-refractivity contribution is 7.25. The van der Waals surface area contributed by atoms with Gasteiger partial charge < -0.3 is 0 Å². The van der Waals surface area contributed by atoms with Gasteiger partial charge in [-0.2, -0.15) is 5.10 Å². The molecule has 3 aromatic heterocycles. The zero-order chi connectivity index (χ0) is 8.67. The molecule has 0 unspecified atom stereocenters. The van der Waals surface area contributed by atoms with E-state index in [-0.39, 0.29) is 24.8 Å². The fourth-order valence-corrected chi connectivity index (χ4v) is 2.22. The molecular weight excluding hydrogens is 255 g/mol.